The lowest BCUT2D eigenvalue weighted by atomic mass is 9.94. The van der Waals surface area contributed by atoms with Crippen LogP contribution in [0, 0.1) is 5.92 Å². The van der Waals surface area contributed by atoms with E-state index in [0.29, 0.717) is 18.4 Å². The number of hydrogen-bond donors (Lipinski definition) is 1. The summed E-state index contributed by atoms with van der Waals surface area (Å²) >= 11 is 0. The molecule has 1 N–H and O–H groups in total. The molecule has 0 spiro atoms. The van der Waals surface area contributed by atoms with E-state index in [1.165, 1.54) is 12.0 Å². The number of aryl methyl sites for hydroxylation is 1. The Balaban J connectivity index is 1.36. The maximum Gasteiger partial charge on any atom is 0.223 e. The quantitative estimate of drug-likeness (QED) is 0.884. The Morgan fingerprint density at radius 2 is 1.70 bits per heavy atom. The fraction of sp³-hybridized carbons (Fsp3) is 0.435. The van der Waals surface area contributed by atoms with Crippen LogP contribution in [-0.4, -0.2) is 46.5 Å². The number of amides is 1. The summed E-state index contributed by atoms with van der Waals surface area (Å²) in [5.74, 6) is 1.14. The molecular formula is C23H28N2O2. The molecule has 0 aliphatic carbocycles. The van der Waals surface area contributed by atoms with Gasteiger partial charge in [0.25, 0.3) is 0 Å². The Bertz CT molecular complexity index is 760. The zero-order valence-electron chi connectivity index (χ0n) is 15.8. The van der Waals surface area contributed by atoms with Gasteiger partial charge in [-0.05, 0) is 48.4 Å². The summed E-state index contributed by atoms with van der Waals surface area (Å²) in [5, 5.41) is 9.39. The van der Waals surface area contributed by atoms with Crippen LogP contribution in [0.3, 0.4) is 0 Å². The van der Waals surface area contributed by atoms with Crippen molar-refractivity contribution < 1.29 is 9.90 Å². The molecule has 0 radical (unpaired) electrons. The number of hydrogen-bond acceptors (Lipinski definition) is 3. The fourth-order valence-corrected chi connectivity index (χ4v) is 4.51. The Morgan fingerprint density at radius 3 is 2.48 bits per heavy atom. The van der Waals surface area contributed by atoms with Crippen molar-refractivity contribution in [1.29, 1.82) is 0 Å². The Hall–Kier alpha value is -2.33. The first-order chi connectivity index (χ1) is 13.2. The van der Waals surface area contributed by atoms with E-state index in [1.807, 2.05) is 12.1 Å². The number of benzene rings is 2. The van der Waals surface area contributed by atoms with Gasteiger partial charge in [-0.2, -0.15) is 0 Å². The van der Waals surface area contributed by atoms with Crippen LogP contribution in [0.25, 0.3) is 0 Å². The summed E-state index contributed by atoms with van der Waals surface area (Å²) < 4.78 is 0. The van der Waals surface area contributed by atoms with E-state index in [1.54, 1.807) is 12.1 Å². The minimum atomic E-state index is 0.272. The molecule has 4 heteroatoms. The molecule has 3 aliphatic heterocycles. The summed E-state index contributed by atoms with van der Waals surface area (Å²) in [5.41, 5.74) is 2.45. The molecule has 5 rings (SSSR count). The number of aromatic hydroxyl groups is 1. The second-order valence-electron chi connectivity index (χ2n) is 7.99. The van der Waals surface area contributed by atoms with Gasteiger partial charge in [0.15, 0.2) is 0 Å². The van der Waals surface area contributed by atoms with Crippen LogP contribution in [0.5, 0.6) is 5.75 Å². The molecule has 27 heavy (non-hydrogen) atoms. The van der Waals surface area contributed by atoms with Crippen molar-refractivity contribution in [3.05, 3.63) is 65.7 Å². The van der Waals surface area contributed by atoms with E-state index in [9.17, 15) is 9.90 Å². The summed E-state index contributed by atoms with van der Waals surface area (Å²) in [6.07, 6.45) is 3.64. The maximum absolute atomic E-state index is 12.9. The fourth-order valence-electron chi connectivity index (χ4n) is 4.51. The average molecular weight is 364 g/mol. The highest BCUT2D eigenvalue weighted by atomic mass is 16.3. The highest BCUT2D eigenvalue weighted by Crippen LogP contribution is 2.29. The van der Waals surface area contributed by atoms with Crippen LogP contribution in [-0.2, 0) is 17.8 Å². The zero-order valence-corrected chi connectivity index (χ0v) is 15.8. The molecule has 3 aliphatic rings. The van der Waals surface area contributed by atoms with Gasteiger partial charge in [-0.15, -0.1) is 0 Å². The SMILES string of the molecule is O=C(CCc1ccc(O)cc1)N1C[C@H]2CC[C@@H]1CN(Cc1ccccc1)C2. The molecule has 0 saturated carbocycles. The standard InChI is InChI=1S/C23H28N2O2/c26-22-11-7-18(8-12-22)9-13-23(27)25-16-20-6-10-21(25)17-24(15-20)14-19-4-2-1-3-5-19/h1-5,7-8,11-12,20-21,26H,6,9-10,13-17H2/t20-,21+/m0/s1. The second kappa shape index (κ2) is 8.13. The van der Waals surface area contributed by atoms with Gasteiger partial charge in [-0.25, -0.2) is 0 Å². The lowest BCUT2D eigenvalue weighted by molar-refractivity contribution is -0.135. The van der Waals surface area contributed by atoms with Gasteiger partial charge in [0.1, 0.15) is 5.75 Å². The lowest BCUT2D eigenvalue weighted by Gasteiger charge is -2.36. The molecule has 2 aromatic carbocycles. The number of carbonyl (C=O) groups excluding carboxylic acids is 1. The molecule has 2 atom stereocenters. The zero-order chi connectivity index (χ0) is 18.6. The summed E-state index contributed by atoms with van der Waals surface area (Å²) in [6.45, 7) is 3.96. The van der Waals surface area contributed by atoms with Crippen molar-refractivity contribution in [2.24, 2.45) is 5.92 Å². The van der Waals surface area contributed by atoms with E-state index in [-0.39, 0.29) is 11.7 Å². The van der Waals surface area contributed by atoms with Gasteiger partial charge in [0, 0.05) is 38.6 Å². The number of nitrogens with zero attached hydrogens (tertiary/aromatic N) is 2. The second-order valence-corrected chi connectivity index (χ2v) is 7.99. The van der Waals surface area contributed by atoms with Gasteiger partial charge in [0.05, 0.1) is 0 Å². The minimum absolute atomic E-state index is 0.272. The third-order valence-electron chi connectivity index (χ3n) is 5.92. The van der Waals surface area contributed by atoms with Gasteiger partial charge < -0.3 is 10.0 Å². The van der Waals surface area contributed by atoms with Crippen molar-refractivity contribution in [3.63, 3.8) is 0 Å². The van der Waals surface area contributed by atoms with Gasteiger partial charge in [-0.1, -0.05) is 42.5 Å². The van der Waals surface area contributed by atoms with Gasteiger partial charge in [0.2, 0.25) is 5.91 Å². The van der Waals surface area contributed by atoms with Crippen LogP contribution in [0.15, 0.2) is 54.6 Å². The average Bonchev–Trinajstić information content (AvgIpc) is 2.99. The number of phenolic OH excluding ortho intramolecular Hbond substituents is 1. The normalized spacial score (nSPS) is 22.6. The van der Waals surface area contributed by atoms with Crippen LogP contribution < -0.4 is 0 Å². The molecular weight excluding hydrogens is 336 g/mol. The first-order valence-electron chi connectivity index (χ1n) is 10.0. The largest absolute Gasteiger partial charge is 0.508 e. The van der Waals surface area contributed by atoms with Crippen LogP contribution in [0.1, 0.15) is 30.4 Å². The monoisotopic (exact) mass is 364 g/mol. The summed E-state index contributed by atoms with van der Waals surface area (Å²) in [7, 11) is 0. The van der Waals surface area contributed by atoms with E-state index in [4.69, 9.17) is 0 Å². The highest BCUT2D eigenvalue weighted by Gasteiger charge is 2.36. The Kier molecular flexibility index (Phi) is 5.44. The third-order valence-corrected chi connectivity index (χ3v) is 5.92. The van der Waals surface area contributed by atoms with Gasteiger partial charge in [-0.3, -0.25) is 9.69 Å². The molecule has 0 unspecified atom stereocenters. The maximum atomic E-state index is 12.9. The van der Waals surface area contributed by atoms with Crippen molar-refractivity contribution >= 4 is 5.91 Å². The molecule has 1 amide bonds. The molecule has 2 aromatic rings. The number of fused-ring (bicyclic) bond motifs is 4. The van der Waals surface area contributed by atoms with Crippen molar-refractivity contribution in [2.45, 2.75) is 38.3 Å². The molecule has 142 valence electrons. The first-order valence-corrected chi connectivity index (χ1v) is 10.0. The van der Waals surface area contributed by atoms with E-state index in [2.05, 4.69) is 40.1 Å². The minimum Gasteiger partial charge on any atom is -0.508 e. The smallest absolute Gasteiger partial charge is 0.223 e. The van der Waals surface area contributed by atoms with Crippen LogP contribution in [0.2, 0.25) is 0 Å². The highest BCUT2D eigenvalue weighted by molar-refractivity contribution is 5.77. The predicted octanol–water partition coefficient (Wildman–Crippen LogP) is 3.45. The number of carbonyl (C=O) groups is 1. The number of phenols is 1. The summed E-state index contributed by atoms with van der Waals surface area (Å²) in [4.78, 5) is 17.6. The van der Waals surface area contributed by atoms with Crippen LogP contribution in [0.4, 0.5) is 0 Å². The molecule has 2 bridgehead atoms. The molecule has 3 fully saturated rings. The van der Waals surface area contributed by atoms with Gasteiger partial charge >= 0.3 is 0 Å². The number of piperidine rings is 1. The Morgan fingerprint density at radius 1 is 0.926 bits per heavy atom. The Labute approximate surface area is 161 Å². The van der Waals surface area contributed by atoms with Crippen molar-refractivity contribution in [1.82, 2.24) is 9.80 Å². The molecule has 0 aromatic heterocycles. The van der Waals surface area contributed by atoms with Crippen molar-refractivity contribution in [3.8, 4) is 5.75 Å². The molecule has 3 heterocycles. The predicted molar refractivity (Wildman–Crippen MR) is 106 cm³/mol. The number of rotatable bonds is 5. The van der Waals surface area contributed by atoms with Crippen LogP contribution >= 0.6 is 0 Å². The topological polar surface area (TPSA) is 43.8 Å². The summed E-state index contributed by atoms with van der Waals surface area (Å²) in [6, 6.07) is 18.2. The van der Waals surface area contributed by atoms with E-state index < -0.39 is 0 Å². The third kappa shape index (κ3) is 4.51. The molecule has 4 nitrogen and oxygen atoms in total. The first kappa shape index (κ1) is 18.1. The van der Waals surface area contributed by atoms with Crippen molar-refractivity contribution in [2.75, 3.05) is 19.6 Å². The van der Waals surface area contributed by atoms with E-state index in [0.717, 1.165) is 44.6 Å². The van der Waals surface area contributed by atoms with E-state index >= 15 is 0 Å². The lowest BCUT2D eigenvalue weighted by Crippen LogP contribution is -2.47. The molecule has 3 saturated heterocycles.